The average molecular weight is 366 g/mol. The second-order valence-corrected chi connectivity index (χ2v) is 6.54. The molecule has 3 aromatic rings. The predicted octanol–water partition coefficient (Wildman–Crippen LogP) is 4.51. The van der Waals surface area contributed by atoms with Gasteiger partial charge in [-0.15, -0.1) is 0 Å². The van der Waals surface area contributed by atoms with Crippen molar-refractivity contribution in [3.63, 3.8) is 0 Å². The number of urea groups is 1. The first-order chi connectivity index (χ1) is 13.2. The molecule has 0 aliphatic heterocycles. The summed E-state index contributed by atoms with van der Waals surface area (Å²) in [5.41, 5.74) is 4.67. The Morgan fingerprint density at radius 1 is 1.15 bits per heavy atom. The van der Waals surface area contributed by atoms with Crippen molar-refractivity contribution in [1.82, 2.24) is 15.3 Å². The molecule has 27 heavy (non-hydrogen) atoms. The minimum Gasteiger partial charge on any atom is -0.369 e. The lowest BCUT2D eigenvalue weighted by Gasteiger charge is -2.14. The summed E-state index contributed by atoms with van der Waals surface area (Å²) in [6, 6.07) is 13.6. The summed E-state index contributed by atoms with van der Waals surface area (Å²) in [6.07, 6.45) is 2.01. The number of hydrogen-bond donors (Lipinski definition) is 3. The Bertz CT molecular complexity index is 871. The molecule has 0 aliphatic carbocycles. The number of H-pyrrole nitrogens is 1. The van der Waals surface area contributed by atoms with Gasteiger partial charge in [-0.3, -0.25) is 0 Å². The molecule has 0 fully saturated rings. The van der Waals surface area contributed by atoms with E-state index in [1.807, 2.05) is 49.4 Å². The van der Waals surface area contributed by atoms with E-state index in [9.17, 15) is 4.79 Å². The quantitative estimate of drug-likeness (QED) is 0.513. The standard InChI is InChI=1S/C21H26N4O2/c1-3-4-12-22-21(26)25-20-15(2)8-7-9-16(20)13-27-14-19-23-17-10-5-6-11-18(17)24-19/h5-11H,3-4,12-14H2,1-2H3,(H,23,24)(H2,22,25,26). The number of fused-ring (bicyclic) bond motifs is 1. The first-order valence-corrected chi connectivity index (χ1v) is 9.32. The summed E-state index contributed by atoms with van der Waals surface area (Å²) < 4.78 is 5.85. The first kappa shape index (κ1) is 18.9. The second kappa shape index (κ2) is 9.19. The van der Waals surface area contributed by atoms with Gasteiger partial charge in [0.15, 0.2) is 0 Å². The fraction of sp³-hybridized carbons (Fsp3) is 0.333. The van der Waals surface area contributed by atoms with Crippen LogP contribution in [0, 0.1) is 6.92 Å². The van der Waals surface area contributed by atoms with Crippen molar-refractivity contribution in [3.05, 3.63) is 59.4 Å². The molecule has 0 saturated heterocycles. The van der Waals surface area contributed by atoms with Crippen LogP contribution in [0.1, 0.15) is 36.7 Å². The highest BCUT2D eigenvalue weighted by atomic mass is 16.5. The average Bonchev–Trinajstić information content (AvgIpc) is 3.07. The number of imidazole rings is 1. The third-order valence-corrected chi connectivity index (χ3v) is 4.35. The number of ether oxygens (including phenoxy) is 1. The zero-order chi connectivity index (χ0) is 19.1. The van der Waals surface area contributed by atoms with Crippen molar-refractivity contribution < 1.29 is 9.53 Å². The third-order valence-electron chi connectivity index (χ3n) is 4.35. The summed E-state index contributed by atoms with van der Waals surface area (Å²) in [6.45, 7) is 5.52. The molecule has 6 nitrogen and oxygen atoms in total. The molecule has 0 unspecified atom stereocenters. The molecule has 6 heteroatoms. The van der Waals surface area contributed by atoms with Crippen LogP contribution in [0.5, 0.6) is 0 Å². The number of nitrogens with one attached hydrogen (secondary N) is 3. The lowest BCUT2D eigenvalue weighted by molar-refractivity contribution is 0.103. The summed E-state index contributed by atoms with van der Waals surface area (Å²) in [5.74, 6) is 0.788. The molecule has 0 atom stereocenters. The van der Waals surface area contributed by atoms with E-state index in [0.717, 1.165) is 46.5 Å². The van der Waals surface area contributed by atoms with E-state index in [2.05, 4.69) is 27.5 Å². The molecule has 142 valence electrons. The van der Waals surface area contributed by atoms with Gasteiger partial charge in [0.1, 0.15) is 12.4 Å². The van der Waals surface area contributed by atoms with Crippen molar-refractivity contribution in [1.29, 1.82) is 0 Å². The van der Waals surface area contributed by atoms with Crippen molar-refractivity contribution in [2.24, 2.45) is 0 Å². The van der Waals surface area contributed by atoms with Crippen LogP contribution < -0.4 is 10.6 Å². The maximum atomic E-state index is 12.1. The topological polar surface area (TPSA) is 79.0 Å². The number of aromatic nitrogens is 2. The van der Waals surface area contributed by atoms with E-state index in [-0.39, 0.29) is 6.03 Å². The highest BCUT2D eigenvalue weighted by Gasteiger charge is 2.10. The van der Waals surface area contributed by atoms with Crippen LogP contribution in [0.15, 0.2) is 42.5 Å². The zero-order valence-corrected chi connectivity index (χ0v) is 15.8. The van der Waals surface area contributed by atoms with Gasteiger partial charge >= 0.3 is 6.03 Å². The smallest absolute Gasteiger partial charge is 0.319 e. The molecule has 0 spiro atoms. The van der Waals surface area contributed by atoms with E-state index in [1.54, 1.807) is 0 Å². The Balaban J connectivity index is 1.60. The Morgan fingerprint density at radius 2 is 2.00 bits per heavy atom. The van der Waals surface area contributed by atoms with Crippen molar-refractivity contribution in [2.75, 3.05) is 11.9 Å². The molecule has 0 saturated carbocycles. The van der Waals surface area contributed by atoms with Gasteiger partial charge in [-0.05, 0) is 31.0 Å². The highest BCUT2D eigenvalue weighted by Crippen LogP contribution is 2.22. The van der Waals surface area contributed by atoms with Crippen LogP contribution in [-0.2, 0) is 18.0 Å². The Hall–Kier alpha value is -2.86. The lowest BCUT2D eigenvalue weighted by atomic mass is 10.1. The van der Waals surface area contributed by atoms with Gasteiger partial charge in [0, 0.05) is 12.1 Å². The molecular formula is C21H26N4O2. The number of anilines is 1. The third kappa shape index (κ3) is 5.08. The normalized spacial score (nSPS) is 10.9. The number of rotatable bonds is 8. The molecule has 0 bridgehead atoms. The second-order valence-electron chi connectivity index (χ2n) is 6.54. The maximum Gasteiger partial charge on any atom is 0.319 e. The fourth-order valence-corrected chi connectivity index (χ4v) is 2.90. The Kier molecular flexibility index (Phi) is 6.44. The number of unbranched alkanes of at least 4 members (excludes halogenated alkanes) is 1. The number of para-hydroxylation sites is 3. The maximum absolute atomic E-state index is 12.1. The van der Waals surface area contributed by atoms with Gasteiger partial charge in [-0.1, -0.05) is 43.7 Å². The monoisotopic (exact) mass is 366 g/mol. The lowest BCUT2D eigenvalue weighted by Crippen LogP contribution is -2.30. The molecule has 1 heterocycles. The van der Waals surface area contributed by atoms with Crippen LogP contribution in [0.2, 0.25) is 0 Å². The summed E-state index contributed by atoms with van der Waals surface area (Å²) >= 11 is 0. The van der Waals surface area contributed by atoms with Crippen molar-refractivity contribution >= 4 is 22.8 Å². The number of nitrogens with zero attached hydrogens (tertiary/aromatic N) is 1. The molecule has 1 aromatic heterocycles. The zero-order valence-electron chi connectivity index (χ0n) is 15.8. The van der Waals surface area contributed by atoms with Gasteiger partial charge < -0.3 is 20.4 Å². The molecular weight excluding hydrogens is 340 g/mol. The van der Waals surface area contributed by atoms with Crippen molar-refractivity contribution in [3.8, 4) is 0 Å². The van der Waals surface area contributed by atoms with E-state index in [0.29, 0.717) is 19.8 Å². The number of carbonyl (C=O) groups excluding carboxylic acids is 1. The van der Waals surface area contributed by atoms with Crippen LogP contribution in [-0.4, -0.2) is 22.5 Å². The van der Waals surface area contributed by atoms with E-state index < -0.39 is 0 Å². The van der Waals surface area contributed by atoms with E-state index in [4.69, 9.17) is 4.74 Å². The molecule has 0 radical (unpaired) electrons. The van der Waals surface area contributed by atoms with Crippen LogP contribution in [0.3, 0.4) is 0 Å². The summed E-state index contributed by atoms with van der Waals surface area (Å²) in [5, 5.41) is 5.83. The van der Waals surface area contributed by atoms with E-state index >= 15 is 0 Å². The Labute approximate surface area is 159 Å². The van der Waals surface area contributed by atoms with Gasteiger partial charge in [0.25, 0.3) is 0 Å². The van der Waals surface area contributed by atoms with Gasteiger partial charge in [-0.25, -0.2) is 9.78 Å². The van der Waals surface area contributed by atoms with Gasteiger partial charge in [0.05, 0.1) is 23.3 Å². The molecule has 3 N–H and O–H groups in total. The predicted molar refractivity (Wildman–Crippen MR) is 108 cm³/mol. The molecule has 2 amide bonds. The Morgan fingerprint density at radius 3 is 2.81 bits per heavy atom. The number of aromatic amines is 1. The van der Waals surface area contributed by atoms with Crippen molar-refractivity contribution in [2.45, 2.75) is 39.9 Å². The number of hydrogen-bond acceptors (Lipinski definition) is 3. The largest absolute Gasteiger partial charge is 0.369 e. The number of aryl methyl sites for hydroxylation is 1. The number of amides is 2. The molecule has 3 rings (SSSR count). The van der Waals surface area contributed by atoms with Gasteiger partial charge in [-0.2, -0.15) is 0 Å². The van der Waals surface area contributed by atoms with Gasteiger partial charge in [0.2, 0.25) is 0 Å². The first-order valence-electron chi connectivity index (χ1n) is 9.32. The van der Waals surface area contributed by atoms with Crippen LogP contribution in [0.4, 0.5) is 10.5 Å². The molecule has 0 aliphatic rings. The number of benzene rings is 2. The minimum absolute atomic E-state index is 0.184. The summed E-state index contributed by atoms with van der Waals surface area (Å²) in [7, 11) is 0. The fourth-order valence-electron chi connectivity index (χ4n) is 2.90. The molecule has 2 aromatic carbocycles. The minimum atomic E-state index is -0.184. The number of carbonyl (C=O) groups is 1. The SMILES string of the molecule is CCCCNC(=O)Nc1c(C)cccc1COCc1nc2ccccc2[nH]1. The van der Waals surface area contributed by atoms with Crippen LogP contribution in [0.25, 0.3) is 11.0 Å². The van der Waals surface area contributed by atoms with Crippen LogP contribution >= 0.6 is 0 Å². The summed E-state index contributed by atoms with van der Waals surface area (Å²) in [4.78, 5) is 19.9. The highest BCUT2D eigenvalue weighted by molar-refractivity contribution is 5.91. The van der Waals surface area contributed by atoms with E-state index in [1.165, 1.54) is 0 Å².